The van der Waals surface area contributed by atoms with Crippen molar-refractivity contribution >= 4 is 17.6 Å². The molecule has 4 N–H and O–H groups in total. The van der Waals surface area contributed by atoms with Crippen molar-refractivity contribution in [3.05, 3.63) is 28.8 Å². The van der Waals surface area contributed by atoms with E-state index in [0.717, 1.165) is 0 Å². The minimum absolute atomic E-state index is 0.0775. The van der Waals surface area contributed by atoms with Gasteiger partial charge in [0.05, 0.1) is 6.42 Å². The standard InChI is InChI=1S/C9H10ClNO3/c10-5-1-2-6(8(12)3-5)7(11)4-9(13)14/h1-3,7,12H,4,11H2,(H,13,14)/t7-/m1/s1. The van der Waals surface area contributed by atoms with Gasteiger partial charge in [-0.25, -0.2) is 0 Å². The summed E-state index contributed by atoms with van der Waals surface area (Å²) in [4.78, 5) is 10.4. The summed E-state index contributed by atoms with van der Waals surface area (Å²) in [6.45, 7) is 0. The van der Waals surface area contributed by atoms with Gasteiger partial charge in [-0.1, -0.05) is 17.7 Å². The second-order valence-corrected chi connectivity index (χ2v) is 3.34. The Morgan fingerprint density at radius 2 is 2.21 bits per heavy atom. The molecule has 1 aromatic rings. The zero-order chi connectivity index (χ0) is 10.7. The molecule has 0 aliphatic carbocycles. The van der Waals surface area contributed by atoms with Gasteiger partial charge in [-0.05, 0) is 12.1 Å². The number of phenols is 1. The SMILES string of the molecule is N[C@H](CC(=O)O)c1ccc(Cl)cc1O. The lowest BCUT2D eigenvalue weighted by molar-refractivity contribution is -0.137. The number of carboxylic acids is 1. The Balaban J connectivity index is 2.90. The highest BCUT2D eigenvalue weighted by molar-refractivity contribution is 6.30. The Morgan fingerprint density at radius 3 is 2.71 bits per heavy atom. The quantitative estimate of drug-likeness (QED) is 0.714. The minimum atomic E-state index is -1.01. The molecular weight excluding hydrogens is 206 g/mol. The fourth-order valence-electron chi connectivity index (χ4n) is 1.13. The first-order valence-electron chi connectivity index (χ1n) is 3.96. The predicted octanol–water partition coefficient (Wildman–Crippen LogP) is 1.52. The second-order valence-electron chi connectivity index (χ2n) is 2.91. The molecule has 0 saturated carbocycles. The third-order valence-electron chi connectivity index (χ3n) is 1.79. The Morgan fingerprint density at radius 1 is 1.57 bits per heavy atom. The number of phenolic OH excluding ortho intramolecular Hbond substituents is 1. The van der Waals surface area contributed by atoms with Crippen molar-refractivity contribution in [3.8, 4) is 5.75 Å². The fraction of sp³-hybridized carbons (Fsp3) is 0.222. The molecule has 5 heteroatoms. The molecule has 76 valence electrons. The summed E-state index contributed by atoms with van der Waals surface area (Å²) in [6.07, 6.45) is -0.227. The molecule has 1 atom stereocenters. The summed E-state index contributed by atoms with van der Waals surface area (Å²) in [5.41, 5.74) is 5.95. The first kappa shape index (κ1) is 10.8. The van der Waals surface area contributed by atoms with E-state index in [1.807, 2.05) is 0 Å². The van der Waals surface area contributed by atoms with Crippen LogP contribution in [0.3, 0.4) is 0 Å². The van der Waals surface area contributed by atoms with Gasteiger partial charge in [0.1, 0.15) is 5.75 Å². The summed E-state index contributed by atoms with van der Waals surface area (Å²) in [6, 6.07) is 3.69. The van der Waals surface area contributed by atoms with E-state index in [0.29, 0.717) is 10.6 Å². The van der Waals surface area contributed by atoms with Crippen molar-refractivity contribution in [1.82, 2.24) is 0 Å². The highest BCUT2D eigenvalue weighted by atomic mass is 35.5. The third-order valence-corrected chi connectivity index (χ3v) is 2.02. The summed E-state index contributed by atoms with van der Waals surface area (Å²) in [7, 11) is 0. The molecule has 0 radical (unpaired) electrons. The van der Waals surface area contributed by atoms with Gasteiger partial charge in [-0.3, -0.25) is 4.79 Å². The molecule has 1 aromatic carbocycles. The van der Waals surface area contributed by atoms with E-state index in [9.17, 15) is 9.90 Å². The molecule has 0 spiro atoms. The van der Waals surface area contributed by atoms with Gasteiger partial charge in [0.25, 0.3) is 0 Å². The number of carbonyl (C=O) groups is 1. The average molecular weight is 216 g/mol. The molecule has 0 amide bonds. The number of carboxylic acid groups (broad SMARTS) is 1. The van der Waals surface area contributed by atoms with E-state index in [1.165, 1.54) is 12.1 Å². The van der Waals surface area contributed by atoms with Gasteiger partial charge in [0.2, 0.25) is 0 Å². The lowest BCUT2D eigenvalue weighted by atomic mass is 10.0. The van der Waals surface area contributed by atoms with Crippen LogP contribution in [0.2, 0.25) is 5.02 Å². The molecule has 0 unspecified atom stereocenters. The lowest BCUT2D eigenvalue weighted by Gasteiger charge is -2.11. The number of aromatic hydroxyl groups is 1. The number of aliphatic carboxylic acids is 1. The second kappa shape index (κ2) is 4.30. The molecular formula is C9H10ClNO3. The maximum Gasteiger partial charge on any atom is 0.305 e. The van der Waals surface area contributed by atoms with Crippen molar-refractivity contribution in [1.29, 1.82) is 0 Å². The number of halogens is 1. The van der Waals surface area contributed by atoms with Gasteiger partial charge < -0.3 is 15.9 Å². The monoisotopic (exact) mass is 215 g/mol. The third kappa shape index (κ3) is 2.61. The Hall–Kier alpha value is -1.26. The van der Waals surface area contributed by atoms with Crippen molar-refractivity contribution < 1.29 is 15.0 Å². The first-order valence-corrected chi connectivity index (χ1v) is 4.34. The van der Waals surface area contributed by atoms with Crippen LogP contribution in [-0.2, 0) is 4.79 Å². The predicted molar refractivity (Wildman–Crippen MR) is 52.3 cm³/mol. The van der Waals surface area contributed by atoms with Crippen LogP contribution in [0, 0.1) is 0 Å². The van der Waals surface area contributed by atoms with E-state index < -0.39 is 12.0 Å². The normalized spacial score (nSPS) is 12.4. The molecule has 0 saturated heterocycles. The molecule has 4 nitrogen and oxygen atoms in total. The van der Waals surface area contributed by atoms with E-state index in [1.54, 1.807) is 6.07 Å². The zero-order valence-corrected chi connectivity index (χ0v) is 8.03. The highest BCUT2D eigenvalue weighted by Gasteiger charge is 2.14. The van der Waals surface area contributed by atoms with Crippen molar-refractivity contribution in [2.45, 2.75) is 12.5 Å². The Labute approximate surface area is 85.9 Å². The van der Waals surface area contributed by atoms with Crippen LogP contribution in [0.15, 0.2) is 18.2 Å². The molecule has 0 aliphatic heterocycles. The number of hydrogen-bond acceptors (Lipinski definition) is 3. The molecule has 0 aliphatic rings. The van der Waals surface area contributed by atoms with Crippen LogP contribution in [0.25, 0.3) is 0 Å². The number of hydrogen-bond donors (Lipinski definition) is 3. The summed E-state index contributed by atoms with van der Waals surface area (Å²) in [5, 5.41) is 18.3. The van der Waals surface area contributed by atoms with E-state index >= 15 is 0 Å². The summed E-state index contributed by atoms with van der Waals surface area (Å²) < 4.78 is 0. The molecule has 0 heterocycles. The summed E-state index contributed by atoms with van der Waals surface area (Å²) in [5.74, 6) is -1.09. The van der Waals surface area contributed by atoms with Gasteiger partial charge >= 0.3 is 5.97 Å². The largest absolute Gasteiger partial charge is 0.508 e. The van der Waals surface area contributed by atoms with Crippen molar-refractivity contribution in [2.24, 2.45) is 5.73 Å². The number of nitrogens with two attached hydrogens (primary N) is 1. The van der Waals surface area contributed by atoms with E-state index in [2.05, 4.69) is 0 Å². The van der Waals surface area contributed by atoms with E-state index in [4.69, 9.17) is 22.4 Å². The number of rotatable bonds is 3. The van der Waals surface area contributed by atoms with E-state index in [-0.39, 0.29) is 12.2 Å². The lowest BCUT2D eigenvalue weighted by Crippen LogP contribution is -2.15. The van der Waals surface area contributed by atoms with Crippen molar-refractivity contribution in [2.75, 3.05) is 0 Å². The van der Waals surface area contributed by atoms with Crippen LogP contribution in [0.4, 0.5) is 0 Å². The van der Waals surface area contributed by atoms with Gasteiger partial charge in [-0.15, -0.1) is 0 Å². The molecule has 0 fully saturated rings. The maximum absolute atomic E-state index is 10.4. The Kier molecular flexibility index (Phi) is 3.33. The van der Waals surface area contributed by atoms with Crippen LogP contribution < -0.4 is 5.73 Å². The van der Waals surface area contributed by atoms with Crippen LogP contribution in [0.5, 0.6) is 5.75 Å². The van der Waals surface area contributed by atoms with Gasteiger partial charge in [-0.2, -0.15) is 0 Å². The minimum Gasteiger partial charge on any atom is -0.508 e. The summed E-state index contributed by atoms with van der Waals surface area (Å²) >= 11 is 5.61. The van der Waals surface area contributed by atoms with Gasteiger partial charge in [0.15, 0.2) is 0 Å². The number of benzene rings is 1. The fourth-order valence-corrected chi connectivity index (χ4v) is 1.29. The highest BCUT2D eigenvalue weighted by Crippen LogP contribution is 2.27. The van der Waals surface area contributed by atoms with Crippen molar-refractivity contribution in [3.63, 3.8) is 0 Å². The Bertz CT molecular complexity index is 354. The maximum atomic E-state index is 10.4. The molecule has 14 heavy (non-hydrogen) atoms. The molecule has 1 rings (SSSR count). The van der Waals surface area contributed by atoms with Crippen LogP contribution in [0.1, 0.15) is 18.0 Å². The van der Waals surface area contributed by atoms with Crippen LogP contribution >= 0.6 is 11.6 Å². The topological polar surface area (TPSA) is 83.6 Å². The average Bonchev–Trinajstić information content (AvgIpc) is 2.01. The smallest absolute Gasteiger partial charge is 0.305 e. The molecule has 0 bridgehead atoms. The zero-order valence-electron chi connectivity index (χ0n) is 7.27. The van der Waals surface area contributed by atoms with Crippen LogP contribution in [-0.4, -0.2) is 16.2 Å². The first-order chi connectivity index (χ1) is 6.50. The molecule has 0 aromatic heterocycles. The van der Waals surface area contributed by atoms with Gasteiger partial charge in [0, 0.05) is 16.6 Å².